The standard InChI is InChI=1S/C10H19N3O3S/c1-17(15,16)8-10(14)13-4-2-12(3-5-13)9-6-11-7-9/h9,11H,2-8H2,1H3. The third kappa shape index (κ3) is 3.40. The van der Waals surface area contributed by atoms with E-state index < -0.39 is 9.84 Å². The van der Waals surface area contributed by atoms with Crippen LogP contribution in [0.5, 0.6) is 0 Å². The smallest absolute Gasteiger partial charge is 0.237 e. The number of amides is 1. The van der Waals surface area contributed by atoms with Crippen molar-refractivity contribution in [2.24, 2.45) is 0 Å². The number of rotatable bonds is 3. The van der Waals surface area contributed by atoms with E-state index in [-0.39, 0.29) is 11.7 Å². The van der Waals surface area contributed by atoms with Crippen LogP contribution in [0.3, 0.4) is 0 Å². The first-order valence-electron chi connectivity index (χ1n) is 5.86. The van der Waals surface area contributed by atoms with Gasteiger partial charge in [0.15, 0.2) is 9.84 Å². The molecule has 0 aromatic heterocycles. The van der Waals surface area contributed by atoms with E-state index in [9.17, 15) is 13.2 Å². The lowest BCUT2D eigenvalue weighted by molar-refractivity contribution is -0.130. The van der Waals surface area contributed by atoms with Crippen LogP contribution >= 0.6 is 0 Å². The van der Waals surface area contributed by atoms with Crippen LogP contribution in [0, 0.1) is 0 Å². The Morgan fingerprint density at radius 3 is 2.24 bits per heavy atom. The number of hydrogen-bond donors (Lipinski definition) is 1. The average Bonchev–Trinajstić information content (AvgIpc) is 2.13. The van der Waals surface area contributed by atoms with E-state index in [1.807, 2.05) is 0 Å². The van der Waals surface area contributed by atoms with Crippen molar-refractivity contribution < 1.29 is 13.2 Å². The monoisotopic (exact) mass is 261 g/mol. The molecule has 2 heterocycles. The fourth-order valence-corrected chi connectivity index (χ4v) is 2.81. The maximum atomic E-state index is 11.7. The summed E-state index contributed by atoms with van der Waals surface area (Å²) in [5, 5.41) is 3.22. The number of carbonyl (C=O) groups excluding carboxylic acids is 1. The van der Waals surface area contributed by atoms with Crippen molar-refractivity contribution in [3.05, 3.63) is 0 Å². The molecule has 1 N–H and O–H groups in total. The van der Waals surface area contributed by atoms with Gasteiger partial charge in [0.25, 0.3) is 0 Å². The van der Waals surface area contributed by atoms with Gasteiger partial charge in [0.2, 0.25) is 5.91 Å². The SMILES string of the molecule is CS(=O)(=O)CC(=O)N1CCN(C2CNC2)CC1. The van der Waals surface area contributed by atoms with Gasteiger partial charge in [-0.3, -0.25) is 9.69 Å². The highest BCUT2D eigenvalue weighted by molar-refractivity contribution is 7.91. The molecule has 7 heteroatoms. The summed E-state index contributed by atoms with van der Waals surface area (Å²) in [5.41, 5.74) is 0. The maximum absolute atomic E-state index is 11.7. The Balaban J connectivity index is 1.80. The highest BCUT2D eigenvalue weighted by Crippen LogP contribution is 2.10. The zero-order valence-corrected chi connectivity index (χ0v) is 10.9. The van der Waals surface area contributed by atoms with Crippen molar-refractivity contribution in [1.29, 1.82) is 0 Å². The van der Waals surface area contributed by atoms with Gasteiger partial charge in [0, 0.05) is 51.6 Å². The summed E-state index contributed by atoms with van der Waals surface area (Å²) in [7, 11) is -3.21. The number of sulfone groups is 1. The van der Waals surface area contributed by atoms with E-state index in [0.717, 1.165) is 32.4 Å². The molecule has 0 unspecified atom stereocenters. The van der Waals surface area contributed by atoms with Crippen molar-refractivity contribution in [2.75, 3.05) is 51.3 Å². The predicted molar refractivity (Wildman–Crippen MR) is 64.5 cm³/mol. The second kappa shape index (κ2) is 4.91. The van der Waals surface area contributed by atoms with E-state index >= 15 is 0 Å². The molecule has 0 aliphatic carbocycles. The highest BCUT2D eigenvalue weighted by Gasteiger charge is 2.29. The second-order valence-electron chi connectivity index (χ2n) is 4.80. The van der Waals surface area contributed by atoms with Crippen LogP contribution in [-0.4, -0.2) is 81.4 Å². The second-order valence-corrected chi connectivity index (χ2v) is 6.94. The average molecular weight is 261 g/mol. The topological polar surface area (TPSA) is 69.7 Å². The first-order valence-corrected chi connectivity index (χ1v) is 7.92. The molecule has 0 aromatic rings. The first-order chi connectivity index (χ1) is 7.96. The summed E-state index contributed by atoms with van der Waals surface area (Å²) in [6.45, 7) is 5.04. The van der Waals surface area contributed by atoms with Gasteiger partial charge in [0.1, 0.15) is 5.75 Å². The van der Waals surface area contributed by atoms with E-state index in [4.69, 9.17) is 0 Å². The molecule has 2 fully saturated rings. The molecule has 2 aliphatic rings. The van der Waals surface area contributed by atoms with Gasteiger partial charge in [-0.15, -0.1) is 0 Å². The summed E-state index contributed by atoms with van der Waals surface area (Å²) >= 11 is 0. The number of hydrogen-bond acceptors (Lipinski definition) is 5. The molecule has 0 radical (unpaired) electrons. The fourth-order valence-electron chi connectivity index (χ4n) is 2.18. The Labute approximate surface area is 102 Å². The molecule has 1 amide bonds. The number of piperazine rings is 1. The minimum atomic E-state index is -3.21. The Bertz CT molecular complexity index is 384. The van der Waals surface area contributed by atoms with E-state index in [1.165, 1.54) is 0 Å². The Hall–Kier alpha value is -0.660. The molecular formula is C10H19N3O3S. The van der Waals surface area contributed by atoms with Crippen molar-refractivity contribution in [1.82, 2.24) is 15.1 Å². The lowest BCUT2D eigenvalue weighted by Gasteiger charge is -2.43. The van der Waals surface area contributed by atoms with Gasteiger partial charge in [-0.25, -0.2) is 8.42 Å². The van der Waals surface area contributed by atoms with Crippen LogP contribution in [0.1, 0.15) is 0 Å². The number of carbonyl (C=O) groups is 1. The summed E-state index contributed by atoms with van der Waals surface area (Å²) in [5.74, 6) is -0.628. The summed E-state index contributed by atoms with van der Waals surface area (Å²) in [6, 6.07) is 0.599. The molecule has 6 nitrogen and oxygen atoms in total. The summed E-state index contributed by atoms with van der Waals surface area (Å²) in [6.07, 6.45) is 1.10. The number of nitrogens with one attached hydrogen (secondary N) is 1. The Morgan fingerprint density at radius 2 is 1.82 bits per heavy atom. The van der Waals surface area contributed by atoms with Gasteiger partial charge in [0.05, 0.1) is 0 Å². The Morgan fingerprint density at radius 1 is 1.24 bits per heavy atom. The molecule has 0 spiro atoms. The lowest BCUT2D eigenvalue weighted by Crippen LogP contribution is -2.62. The van der Waals surface area contributed by atoms with Crippen molar-refractivity contribution >= 4 is 15.7 Å². The zero-order chi connectivity index (χ0) is 12.5. The van der Waals surface area contributed by atoms with E-state index in [0.29, 0.717) is 19.1 Å². The maximum Gasteiger partial charge on any atom is 0.237 e. The third-order valence-electron chi connectivity index (χ3n) is 3.33. The van der Waals surface area contributed by atoms with Gasteiger partial charge in [-0.1, -0.05) is 0 Å². The van der Waals surface area contributed by atoms with Crippen LogP contribution in [0.4, 0.5) is 0 Å². The van der Waals surface area contributed by atoms with Gasteiger partial charge >= 0.3 is 0 Å². The molecule has 17 heavy (non-hydrogen) atoms. The molecule has 0 atom stereocenters. The summed E-state index contributed by atoms with van der Waals surface area (Å²) < 4.78 is 22.1. The molecular weight excluding hydrogens is 242 g/mol. The van der Waals surface area contributed by atoms with Crippen LogP contribution in [0.2, 0.25) is 0 Å². The quantitative estimate of drug-likeness (QED) is 0.646. The molecule has 0 bridgehead atoms. The lowest BCUT2D eigenvalue weighted by atomic mass is 10.1. The van der Waals surface area contributed by atoms with Crippen LogP contribution in [-0.2, 0) is 14.6 Å². The van der Waals surface area contributed by atoms with Crippen molar-refractivity contribution in [2.45, 2.75) is 6.04 Å². The van der Waals surface area contributed by atoms with E-state index in [2.05, 4.69) is 10.2 Å². The van der Waals surface area contributed by atoms with Crippen molar-refractivity contribution in [3.8, 4) is 0 Å². The van der Waals surface area contributed by atoms with Gasteiger partial charge in [-0.2, -0.15) is 0 Å². The molecule has 0 aromatic carbocycles. The molecule has 0 saturated carbocycles. The predicted octanol–water partition coefficient (Wildman–Crippen LogP) is -1.85. The molecule has 2 aliphatic heterocycles. The minimum Gasteiger partial charge on any atom is -0.339 e. The van der Waals surface area contributed by atoms with Gasteiger partial charge < -0.3 is 10.2 Å². The van der Waals surface area contributed by atoms with E-state index in [1.54, 1.807) is 4.90 Å². The zero-order valence-electron chi connectivity index (χ0n) is 10.1. The Kier molecular flexibility index (Phi) is 3.70. The largest absolute Gasteiger partial charge is 0.339 e. The first kappa shape index (κ1) is 12.8. The molecule has 2 rings (SSSR count). The molecule has 98 valence electrons. The summed E-state index contributed by atoms with van der Waals surface area (Å²) in [4.78, 5) is 15.7. The van der Waals surface area contributed by atoms with Gasteiger partial charge in [-0.05, 0) is 0 Å². The van der Waals surface area contributed by atoms with Crippen LogP contribution in [0.15, 0.2) is 0 Å². The molecule has 2 saturated heterocycles. The highest BCUT2D eigenvalue weighted by atomic mass is 32.2. The normalized spacial score (nSPS) is 23.5. The minimum absolute atomic E-state index is 0.265. The fraction of sp³-hybridized carbons (Fsp3) is 0.900. The van der Waals surface area contributed by atoms with Crippen molar-refractivity contribution in [3.63, 3.8) is 0 Å². The van der Waals surface area contributed by atoms with Crippen LogP contribution in [0.25, 0.3) is 0 Å². The number of nitrogens with zero attached hydrogens (tertiary/aromatic N) is 2. The van der Waals surface area contributed by atoms with Crippen LogP contribution < -0.4 is 5.32 Å². The third-order valence-corrected chi connectivity index (χ3v) is 4.10.